The monoisotopic (exact) mass is 340 g/mol. The summed E-state index contributed by atoms with van der Waals surface area (Å²) in [6.07, 6.45) is 4.43. The maximum absolute atomic E-state index is 12.4. The van der Waals surface area contributed by atoms with E-state index in [2.05, 4.69) is 22.7 Å². The second-order valence-electron chi connectivity index (χ2n) is 6.35. The lowest BCUT2D eigenvalue weighted by Crippen LogP contribution is -2.45. The minimum absolute atomic E-state index is 0.0925. The summed E-state index contributed by atoms with van der Waals surface area (Å²) < 4.78 is 1.95. The Morgan fingerprint density at radius 2 is 2.08 bits per heavy atom. The van der Waals surface area contributed by atoms with Crippen molar-refractivity contribution in [1.82, 2.24) is 20.4 Å². The molecular weight excluding hydrogens is 316 g/mol. The largest absolute Gasteiger partial charge is 0.354 e. The number of carbonyl (C=O) groups is 2. The molecule has 0 spiro atoms. The van der Waals surface area contributed by atoms with Gasteiger partial charge in [0, 0.05) is 29.9 Å². The quantitative estimate of drug-likeness (QED) is 0.896. The summed E-state index contributed by atoms with van der Waals surface area (Å²) in [6, 6.07) is 6.99. The molecule has 132 valence electrons. The van der Waals surface area contributed by atoms with Gasteiger partial charge in [-0.2, -0.15) is 5.10 Å². The standard InChI is InChI=1S/C19H24N4O2/c1-3-23-13(2)16(12-21-23)14-7-9-15(10-8-14)18(24)22-17-6-4-5-11-20-19(17)25/h7-10,12,17H,3-6,11H2,1-2H3,(H,20,25)(H,22,24). The van der Waals surface area contributed by atoms with Crippen molar-refractivity contribution < 1.29 is 9.59 Å². The second-order valence-corrected chi connectivity index (χ2v) is 6.35. The van der Waals surface area contributed by atoms with Gasteiger partial charge in [-0.15, -0.1) is 0 Å². The van der Waals surface area contributed by atoms with Crippen LogP contribution in [0, 0.1) is 6.92 Å². The van der Waals surface area contributed by atoms with Crippen molar-refractivity contribution in [2.24, 2.45) is 0 Å². The Morgan fingerprint density at radius 1 is 1.32 bits per heavy atom. The average molecular weight is 340 g/mol. The highest BCUT2D eigenvalue weighted by Gasteiger charge is 2.22. The lowest BCUT2D eigenvalue weighted by Gasteiger charge is -2.15. The molecule has 2 amide bonds. The van der Waals surface area contributed by atoms with E-state index in [0.717, 1.165) is 36.2 Å². The Labute approximate surface area is 147 Å². The van der Waals surface area contributed by atoms with Gasteiger partial charge in [0.15, 0.2) is 0 Å². The number of benzene rings is 1. The van der Waals surface area contributed by atoms with Gasteiger partial charge in [-0.1, -0.05) is 12.1 Å². The van der Waals surface area contributed by atoms with E-state index in [9.17, 15) is 9.59 Å². The predicted molar refractivity (Wildman–Crippen MR) is 96.2 cm³/mol. The summed E-state index contributed by atoms with van der Waals surface area (Å²) in [5.41, 5.74) is 3.76. The van der Waals surface area contributed by atoms with Gasteiger partial charge in [-0.05, 0) is 50.8 Å². The first-order chi connectivity index (χ1) is 12.1. The molecule has 2 heterocycles. The highest BCUT2D eigenvalue weighted by Crippen LogP contribution is 2.23. The van der Waals surface area contributed by atoms with Crippen LogP contribution < -0.4 is 10.6 Å². The first kappa shape index (κ1) is 17.2. The molecule has 1 atom stereocenters. The molecule has 1 aromatic heterocycles. The molecule has 1 unspecified atom stereocenters. The zero-order valence-electron chi connectivity index (χ0n) is 14.7. The van der Waals surface area contributed by atoms with Crippen LogP contribution in [0.4, 0.5) is 0 Å². The molecule has 25 heavy (non-hydrogen) atoms. The summed E-state index contributed by atoms with van der Waals surface area (Å²) in [5.74, 6) is -0.306. The fourth-order valence-electron chi connectivity index (χ4n) is 3.17. The van der Waals surface area contributed by atoms with Crippen LogP contribution in [0.2, 0.25) is 0 Å². The van der Waals surface area contributed by atoms with E-state index in [0.29, 0.717) is 18.5 Å². The van der Waals surface area contributed by atoms with Gasteiger partial charge in [0.1, 0.15) is 6.04 Å². The predicted octanol–water partition coefficient (Wildman–Crippen LogP) is 2.28. The number of amides is 2. The molecule has 0 bridgehead atoms. The summed E-state index contributed by atoms with van der Waals surface area (Å²) in [4.78, 5) is 24.4. The van der Waals surface area contributed by atoms with Crippen LogP contribution in [0.3, 0.4) is 0 Å². The van der Waals surface area contributed by atoms with E-state index in [-0.39, 0.29) is 11.8 Å². The van der Waals surface area contributed by atoms with E-state index >= 15 is 0 Å². The maximum Gasteiger partial charge on any atom is 0.251 e. The van der Waals surface area contributed by atoms with Gasteiger partial charge >= 0.3 is 0 Å². The minimum Gasteiger partial charge on any atom is -0.354 e. The van der Waals surface area contributed by atoms with Crippen LogP contribution in [0.25, 0.3) is 11.1 Å². The van der Waals surface area contributed by atoms with Gasteiger partial charge < -0.3 is 10.6 Å². The molecule has 1 saturated heterocycles. The van der Waals surface area contributed by atoms with E-state index in [1.54, 1.807) is 12.1 Å². The van der Waals surface area contributed by atoms with Gasteiger partial charge in [-0.25, -0.2) is 0 Å². The Kier molecular flexibility index (Phi) is 5.16. The highest BCUT2D eigenvalue weighted by atomic mass is 16.2. The molecule has 1 aliphatic rings. The number of carbonyl (C=O) groups excluding carboxylic acids is 2. The van der Waals surface area contributed by atoms with Gasteiger partial charge in [0.05, 0.1) is 6.20 Å². The summed E-state index contributed by atoms with van der Waals surface area (Å²) in [6.45, 7) is 5.61. The van der Waals surface area contributed by atoms with Crippen LogP contribution in [-0.4, -0.2) is 34.2 Å². The molecule has 1 aliphatic heterocycles. The number of hydrogen-bond acceptors (Lipinski definition) is 3. The topological polar surface area (TPSA) is 76.0 Å². The van der Waals surface area contributed by atoms with E-state index in [1.165, 1.54) is 0 Å². The molecule has 0 saturated carbocycles. The highest BCUT2D eigenvalue weighted by molar-refractivity contribution is 5.98. The van der Waals surface area contributed by atoms with Crippen LogP contribution >= 0.6 is 0 Å². The molecular formula is C19H24N4O2. The van der Waals surface area contributed by atoms with Crippen molar-refractivity contribution >= 4 is 11.8 Å². The Bertz CT molecular complexity index is 764. The molecule has 2 aromatic rings. The van der Waals surface area contributed by atoms with Crippen molar-refractivity contribution in [2.75, 3.05) is 6.54 Å². The lowest BCUT2D eigenvalue weighted by atomic mass is 10.0. The van der Waals surface area contributed by atoms with Crippen molar-refractivity contribution in [1.29, 1.82) is 0 Å². The Hall–Kier alpha value is -2.63. The molecule has 0 aliphatic carbocycles. The summed E-state index contributed by atoms with van der Waals surface area (Å²) in [7, 11) is 0. The smallest absolute Gasteiger partial charge is 0.251 e. The zero-order valence-corrected chi connectivity index (χ0v) is 14.7. The van der Waals surface area contributed by atoms with Crippen LogP contribution in [0.15, 0.2) is 30.5 Å². The Morgan fingerprint density at radius 3 is 2.76 bits per heavy atom. The molecule has 3 rings (SSSR count). The molecule has 0 radical (unpaired) electrons. The SMILES string of the molecule is CCn1ncc(-c2ccc(C(=O)NC3CCCCNC3=O)cc2)c1C. The third-order valence-corrected chi connectivity index (χ3v) is 4.70. The minimum atomic E-state index is -0.445. The van der Waals surface area contributed by atoms with Crippen LogP contribution in [0.5, 0.6) is 0 Å². The summed E-state index contributed by atoms with van der Waals surface area (Å²) in [5, 5.41) is 10.0. The lowest BCUT2D eigenvalue weighted by molar-refractivity contribution is -0.122. The molecule has 6 heteroatoms. The molecule has 1 aromatic carbocycles. The number of rotatable bonds is 4. The number of nitrogens with zero attached hydrogens (tertiary/aromatic N) is 2. The van der Waals surface area contributed by atoms with Gasteiger partial charge in [0.2, 0.25) is 5.91 Å². The molecule has 1 fully saturated rings. The second kappa shape index (κ2) is 7.51. The van der Waals surface area contributed by atoms with Gasteiger partial charge in [0.25, 0.3) is 5.91 Å². The fourth-order valence-corrected chi connectivity index (χ4v) is 3.17. The summed E-state index contributed by atoms with van der Waals surface area (Å²) >= 11 is 0. The zero-order chi connectivity index (χ0) is 17.8. The third kappa shape index (κ3) is 3.73. The maximum atomic E-state index is 12.4. The normalized spacial score (nSPS) is 17.7. The van der Waals surface area contributed by atoms with E-state index in [1.807, 2.05) is 29.9 Å². The third-order valence-electron chi connectivity index (χ3n) is 4.70. The van der Waals surface area contributed by atoms with E-state index < -0.39 is 6.04 Å². The van der Waals surface area contributed by atoms with Crippen molar-refractivity contribution in [3.63, 3.8) is 0 Å². The van der Waals surface area contributed by atoms with Crippen molar-refractivity contribution in [3.05, 3.63) is 41.7 Å². The van der Waals surface area contributed by atoms with Crippen LogP contribution in [0.1, 0.15) is 42.2 Å². The first-order valence-electron chi connectivity index (χ1n) is 8.81. The van der Waals surface area contributed by atoms with Crippen LogP contribution in [-0.2, 0) is 11.3 Å². The fraction of sp³-hybridized carbons (Fsp3) is 0.421. The number of hydrogen-bond donors (Lipinski definition) is 2. The number of nitrogens with one attached hydrogen (secondary N) is 2. The Balaban J connectivity index is 1.72. The van der Waals surface area contributed by atoms with Crippen molar-refractivity contribution in [3.8, 4) is 11.1 Å². The number of aromatic nitrogens is 2. The van der Waals surface area contributed by atoms with E-state index in [4.69, 9.17) is 0 Å². The van der Waals surface area contributed by atoms with Crippen molar-refractivity contribution in [2.45, 2.75) is 45.7 Å². The first-order valence-corrected chi connectivity index (χ1v) is 8.81. The molecule has 6 nitrogen and oxygen atoms in total. The number of aryl methyl sites for hydroxylation is 1. The molecule has 2 N–H and O–H groups in total. The average Bonchev–Trinajstić information content (AvgIpc) is 2.88. The van der Waals surface area contributed by atoms with Gasteiger partial charge in [-0.3, -0.25) is 14.3 Å².